The smallest absolute Gasteiger partial charge is 0.347 e. The van der Waals surface area contributed by atoms with Gasteiger partial charge >= 0.3 is 5.97 Å². The maximum Gasteiger partial charge on any atom is 0.347 e. The number of Topliss-reactive ketones (excluding diaryl/α,β-unsaturated/α-hetero) is 1. The summed E-state index contributed by atoms with van der Waals surface area (Å²) in [5.74, 6) is 0.622. The average molecular weight is 405 g/mol. The van der Waals surface area contributed by atoms with E-state index in [9.17, 15) is 9.59 Å². The quantitative estimate of drug-likeness (QED) is 0.389. The third-order valence-corrected chi connectivity index (χ3v) is 4.34. The van der Waals surface area contributed by atoms with Crippen LogP contribution in [0.1, 0.15) is 35.3 Å². The minimum absolute atomic E-state index is 0.0658. The highest BCUT2D eigenvalue weighted by molar-refractivity contribution is 5.94. The molecule has 3 rings (SSSR count). The molecule has 0 radical (unpaired) electrons. The molecule has 1 atom stereocenters. The van der Waals surface area contributed by atoms with Crippen molar-refractivity contribution in [2.45, 2.75) is 33.2 Å². The summed E-state index contributed by atoms with van der Waals surface area (Å²) in [6, 6.07) is 17.9. The first-order valence-corrected chi connectivity index (χ1v) is 9.56. The lowest BCUT2D eigenvalue weighted by molar-refractivity contribution is -0.152. The fourth-order valence-electron chi connectivity index (χ4n) is 2.64. The van der Waals surface area contributed by atoms with Crippen LogP contribution in [-0.4, -0.2) is 22.8 Å². The van der Waals surface area contributed by atoms with E-state index in [2.05, 4.69) is 4.98 Å². The third-order valence-electron chi connectivity index (χ3n) is 4.34. The first-order valence-electron chi connectivity index (χ1n) is 9.56. The Morgan fingerprint density at radius 1 is 0.900 bits per heavy atom. The second-order valence-corrected chi connectivity index (χ2v) is 6.74. The van der Waals surface area contributed by atoms with Gasteiger partial charge in [-0.2, -0.15) is 0 Å². The van der Waals surface area contributed by atoms with E-state index in [1.54, 1.807) is 43.6 Å². The number of hydrogen-bond acceptors (Lipinski definition) is 6. The molecular weight excluding hydrogens is 382 g/mol. The Kier molecular flexibility index (Phi) is 7.16. The summed E-state index contributed by atoms with van der Waals surface area (Å²) in [6.45, 7) is 3.67. The van der Waals surface area contributed by atoms with Crippen molar-refractivity contribution in [3.8, 4) is 11.5 Å². The van der Waals surface area contributed by atoms with Crippen molar-refractivity contribution < 1.29 is 23.8 Å². The number of hydrogen-bond donors (Lipinski definition) is 0. The molecule has 1 aromatic heterocycles. The fourth-order valence-corrected chi connectivity index (χ4v) is 2.64. The molecule has 2 aromatic carbocycles. The molecule has 0 saturated heterocycles. The van der Waals surface area contributed by atoms with E-state index in [1.165, 1.54) is 6.92 Å². The topological polar surface area (TPSA) is 74.7 Å². The first-order chi connectivity index (χ1) is 14.5. The van der Waals surface area contributed by atoms with E-state index in [0.29, 0.717) is 17.9 Å². The van der Waals surface area contributed by atoms with E-state index < -0.39 is 12.1 Å². The molecule has 6 heteroatoms. The molecule has 3 aromatic rings. The number of rotatable bonds is 9. The monoisotopic (exact) mass is 405 g/mol. The van der Waals surface area contributed by atoms with Gasteiger partial charge in [0.1, 0.15) is 24.7 Å². The Morgan fingerprint density at radius 3 is 2.30 bits per heavy atom. The van der Waals surface area contributed by atoms with Crippen molar-refractivity contribution in [2.24, 2.45) is 0 Å². The maximum absolute atomic E-state index is 12.2. The van der Waals surface area contributed by atoms with Crippen LogP contribution in [0.25, 0.3) is 0 Å². The lowest BCUT2D eigenvalue weighted by atomic mass is 10.1. The Labute approximate surface area is 175 Å². The van der Waals surface area contributed by atoms with Crippen molar-refractivity contribution in [3.05, 3.63) is 89.7 Å². The van der Waals surface area contributed by atoms with Gasteiger partial charge in [-0.1, -0.05) is 24.3 Å². The van der Waals surface area contributed by atoms with Crippen molar-refractivity contribution in [1.82, 2.24) is 4.98 Å². The second-order valence-electron chi connectivity index (χ2n) is 6.74. The zero-order valence-electron chi connectivity index (χ0n) is 16.9. The number of nitrogens with zero attached hydrogens (tertiary/aromatic N) is 1. The summed E-state index contributed by atoms with van der Waals surface area (Å²) < 4.78 is 16.7. The van der Waals surface area contributed by atoms with Crippen LogP contribution in [0.3, 0.4) is 0 Å². The van der Waals surface area contributed by atoms with Gasteiger partial charge in [0.25, 0.3) is 0 Å². The predicted octanol–water partition coefficient (Wildman–Crippen LogP) is 4.37. The second kappa shape index (κ2) is 10.2. The van der Waals surface area contributed by atoms with Gasteiger partial charge in [0.15, 0.2) is 11.9 Å². The molecule has 0 aliphatic carbocycles. The van der Waals surface area contributed by atoms with Crippen LogP contribution in [0, 0.1) is 0 Å². The van der Waals surface area contributed by atoms with E-state index in [-0.39, 0.29) is 12.4 Å². The van der Waals surface area contributed by atoms with Gasteiger partial charge in [0, 0.05) is 18.0 Å². The van der Waals surface area contributed by atoms with Crippen LogP contribution >= 0.6 is 0 Å². The number of carbonyl (C=O) groups is 2. The Balaban J connectivity index is 1.46. The van der Waals surface area contributed by atoms with E-state index >= 15 is 0 Å². The van der Waals surface area contributed by atoms with Gasteiger partial charge in [-0.25, -0.2) is 4.79 Å². The molecule has 0 aliphatic rings. The molecular formula is C24H23NO5. The highest BCUT2D eigenvalue weighted by Gasteiger charge is 2.17. The molecule has 1 unspecified atom stereocenters. The zero-order valence-corrected chi connectivity index (χ0v) is 16.9. The molecule has 0 bridgehead atoms. The number of esters is 1. The molecule has 6 nitrogen and oxygen atoms in total. The number of pyridine rings is 1. The summed E-state index contributed by atoms with van der Waals surface area (Å²) in [4.78, 5) is 27.7. The normalized spacial score (nSPS) is 11.4. The van der Waals surface area contributed by atoms with Crippen molar-refractivity contribution in [2.75, 3.05) is 0 Å². The van der Waals surface area contributed by atoms with E-state index in [0.717, 1.165) is 16.9 Å². The van der Waals surface area contributed by atoms with Gasteiger partial charge in [0.05, 0.1) is 0 Å². The van der Waals surface area contributed by atoms with Crippen LogP contribution in [0.5, 0.6) is 11.5 Å². The molecule has 0 fully saturated rings. The summed E-state index contributed by atoms with van der Waals surface area (Å²) in [6.07, 6.45) is 2.65. The number of ether oxygens (including phenoxy) is 3. The zero-order chi connectivity index (χ0) is 21.3. The predicted molar refractivity (Wildman–Crippen MR) is 111 cm³/mol. The fraction of sp³-hybridized carbons (Fsp3) is 0.208. The number of aromatic nitrogens is 1. The minimum atomic E-state index is -0.796. The molecule has 0 N–H and O–H groups in total. The van der Waals surface area contributed by atoms with Gasteiger partial charge < -0.3 is 14.2 Å². The van der Waals surface area contributed by atoms with Crippen LogP contribution in [0.4, 0.5) is 0 Å². The molecule has 30 heavy (non-hydrogen) atoms. The van der Waals surface area contributed by atoms with Crippen LogP contribution < -0.4 is 9.47 Å². The van der Waals surface area contributed by atoms with Gasteiger partial charge in [-0.3, -0.25) is 9.78 Å². The number of carbonyl (C=O) groups excluding carboxylic acids is 2. The SMILES string of the molecule is CC(=O)c1cccc(OC(C)C(=O)OCc2ccc(OCc3ccncc3)cc2)c1. The molecule has 1 heterocycles. The van der Waals surface area contributed by atoms with Gasteiger partial charge in [-0.15, -0.1) is 0 Å². The number of benzene rings is 2. The summed E-state index contributed by atoms with van der Waals surface area (Å²) in [5, 5.41) is 0. The maximum atomic E-state index is 12.2. The first kappa shape index (κ1) is 21.0. The average Bonchev–Trinajstić information content (AvgIpc) is 2.77. The summed E-state index contributed by atoms with van der Waals surface area (Å²) in [7, 11) is 0. The van der Waals surface area contributed by atoms with Crippen LogP contribution in [-0.2, 0) is 22.7 Å². The lowest BCUT2D eigenvalue weighted by Crippen LogP contribution is -2.26. The molecule has 0 amide bonds. The summed E-state index contributed by atoms with van der Waals surface area (Å²) in [5.41, 5.74) is 2.40. The van der Waals surface area contributed by atoms with Crippen LogP contribution in [0.15, 0.2) is 73.1 Å². The Hall–Kier alpha value is -3.67. The van der Waals surface area contributed by atoms with Gasteiger partial charge in [0.2, 0.25) is 0 Å². The Bertz CT molecular complexity index is 986. The highest BCUT2D eigenvalue weighted by atomic mass is 16.6. The third kappa shape index (κ3) is 6.17. The lowest BCUT2D eigenvalue weighted by Gasteiger charge is -2.14. The molecule has 0 spiro atoms. The Morgan fingerprint density at radius 2 is 1.60 bits per heavy atom. The van der Waals surface area contributed by atoms with Crippen LogP contribution in [0.2, 0.25) is 0 Å². The number of ketones is 1. The minimum Gasteiger partial charge on any atom is -0.489 e. The molecule has 0 saturated carbocycles. The van der Waals surface area contributed by atoms with Gasteiger partial charge in [-0.05, 0) is 61.4 Å². The van der Waals surface area contributed by atoms with E-state index in [1.807, 2.05) is 36.4 Å². The largest absolute Gasteiger partial charge is 0.489 e. The van der Waals surface area contributed by atoms with E-state index in [4.69, 9.17) is 14.2 Å². The van der Waals surface area contributed by atoms with Crippen molar-refractivity contribution in [3.63, 3.8) is 0 Å². The highest BCUT2D eigenvalue weighted by Crippen LogP contribution is 2.17. The van der Waals surface area contributed by atoms with Crippen molar-refractivity contribution in [1.29, 1.82) is 0 Å². The van der Waals surface area contributed by atoms with Crippen molar-refractivity contribution >= 4 is 11.8 Å². The standard InChI is InChI=1S/C24H23NO5/c1-17(26)21-4-3-5-23(14-21)30-18(2)24(27)29-16-19-6-8-22(9-7-19)28-15-20-10-12-25-13-11-20/h3-14,18H,15-16H2,1-2H3. The summed E-state index contributed by atoms with van der Waals surface area (Å²) >= 11 is 0. The molecule has 154 valence electrons. The molecule has 0 aliphatic heterocycles.